The predicted octanol–water partition coefficient (Wildman–Crippen LogP) is 0.182. The predicted molar refractivity (Wildman–Crippen MR) is 72.8 cm³/mol. The highest BCUT2D eigenvalue weighted by atomic mass is 16.2. The van der Waals surface area contributed by atoms with Gasteiger partial charge in [0.05, 0.1) is 5.92 Å². The number of imidazole rings is 1. The van der Waals surface area contributed by atoms with E-state index < -0.39 is 0 Å². The third-order valence-corrected chi connectivity index (χ3v) is 4.25. The van der Waals surface area contributed by atoms with Gasteiger partial charge in [-0.3, -0.25) is 9.59 Å². The zero-order valence-corrected chi connectivity index (χ0v) is 11.7. The van der Waals surface area contributed by atoms with Crippen LogP contribution in [0.4, 0.5) is 0 Å². The Kier molecular flexibility index (Phi) is 3.46. The molecule has 0 saturated carbocycles. The van der Waals surface area contributed by atoms with Crippen molar-refractivity contribution in [3.05, 3.63) is 18.2 Å². The largest absolute Gasteiger partial charge is 0.351 e. The lowest BCUT2D eigenvalue weighted by Crippen LogP contribution is -2.44. The maximum Gasteiger partial charge on any atom is 0.225 e. The fourth-order valence-electron chi connectivity index (χ4n) is 3.06. The number of aryl methyl sites for hydroxylation is 1. The maximum atomic E-state index is 12.3. The molecule has 2 atom stereocenters. The Labute approximate surface area is 118 Å². The number of hydrogen-bond acceptors (Lipinski definition) is 3. The number of carbonyl (C=O) groups is 2. The lowest BCUT2D eigenvalue weighted by molar-refractivity contribution is -0.129. The number of carbonyl (C=O) groups excluding carboxylic acids is 2. The zero-order valence-electron chi connectivity index (χ0n) is 11.7. The molecule has 6 nitrogen and oxygen atoms in total. The normalized spacial score (nSPS) is 25.6. The molecule has 0 spiro atoms. The Bertz CT molecular complexity index is 525. The third kappa shape index (κ3) is 2.42. The first-order valence-corrected chi connectivity index (χ1v) is 7.25. The molecule has 2 unspecified atom stereocenters. The number of aromatic nitrogens is 2. The Hall–Kier alpha value is -1.85. The van der Waals surface area contributed by atoms with E-state index in [1.807, 2.05) is 13.1 Å². The van der Waals surface area contributed by atoms with Gasteiger partial charge in [0, 0.05) is 50.9 Å². The van der Waals surface area contributed by atoms with E-state index >= 15 is 0 Å². The van der Waals surface area contributed by atoms with Crippen molar-refractivity contribution in [3.8, 4) is 0 Å². The van der Waals surface area contributed by atoms with E-state index in [1.165, 1.54) is 0 Å². The summed E-state index contributed by atoms with van der Waals surface area (Å²) in [7, 11) is 0. The number of amides is 2. The quantitative estimate of drug-likeness (QED) is 0.856. The van der Waals surface area contributed by atoms with Crippen molar-refractivity contribution in [2.75, 3.05) is 13.1 Å². The topological polar surface area (TPSA) is 67.2 Å². The van der Waals surface area contributed by atoms with E-state index in [0.29, 0.717) is 19.5 Å². The number of hydrogen-bond donors (Lipinski definition) is 1. The molecule has 0 radical (unpaired) electrons. The van der Waals surface area contributed by atoms with E-state index in [4.69, 9.17) is 0 Å². The first-order valence-electron chi connectivity index (χ1n) is 7.25. The summed E-state index contributed by atoms with van der Waals surface area (Å²) in [4.78, 5) is 30.0. The fourth-order valence-corrected chi connectivity index (χ4v) is 3.06. The van der Waals surface area contributed by atoms with Crippen LogP contribution in [-0.4, -0.2) is 45.4 Å². The van der Waals surface area contributed by atoms with Crippen molar-refractivity contribution in [2.24, 2.45) is 5.92 Å². The van der Waals surface area contributed by atoms with Crippen molar-refractivity contribution in [2.45, 2.75) is 38.8 Å². The molecule has 108 valence electrons. The number of nitrogens with one attached hydrogen (secondary N) is 1. The van der Waals surface area contributed by atoms with Crippen LogP contribution in [0.2, 0.25) is 0 Å². The molecule has 1 N–H and O–H groups in total. The molecule has 20 heavy (non-hydrogen) atoms. The summed E-state index contributed by atoms with van der Waals surface area (Å²) in [5.74, 6) is 1.01. The summed E-state index contributed by atoms with van der Waals surface area (Å²) in [6.45, 7) is 3.97. The molecule has 3 heterocycles. The summed E-state index contributed by atoms with van der Waals surface area (Å²) >= 11 is 0. The van der Waals surface area contributed by atoms with Gasteiger partial charge < -0.3 is 14.8 Å². The average molecular weight is 276 g/mol. The Morgan fingerprint density at radius 2 is 2.35 bits per heavy atom. The van der Waals surface area contributed by atoms with Crippen LogP contribution in [0.15, 0.2) is 12.4 Å². The van der Waals surface area contributed by atoms with Crippen LogP contribution in [-0.2, 0) is 22.6 Å². The lowest BCUT2D eigenvalue weighted by atomic mass is 10.0. The highest BCUT2D eigenvalue weighted by Gasteiger charge is 2.34. The number of nitrogens with zero attached hydrogens (tertiary/aromatic N) is 3. The molecule has 2 aliphatic heterocycles. The second kappa shape index (κ2) is 5.26. The smallest absolute Gasteiger partial charge is 0.225 e. The monoisotopic (exact) mass is 276 g/mol. The summed E-state index contributed by atoms with van der Waals surface area (Å²) < 4.78 is 2.09. The minimum Gasteiger partial charge on any atom is -0.351 e. The summed E-state index contributed by atoms with van der Waals surface area (Å²) in [5.41, 5.74) is 0. The second-order valence-electron chi connectivity index (χ2n) is 5.57. The highest BCUT2D eigenvalue weighted by molar-refractivity contribution is 5.89. The van der Waals surface area contributed by atoms with Gasteiger partial charge in [-0.2, -0.15) is 0 Å². The van der Waals surface area contributed by atoms with Crippen molar-refractivity contribution in [3.63, 3.8) is 0 Å². The van der Waals surface area contributed by atoms with E-state index in [2.05, 4.69) is 14.9 Å². The minimum atomic E-state index is -0.188. The molecule has 0 aliphatic carbocycles. The fraction of sp³-hybridized carbons (Fsp3) is 0.643. The summed E-state index contributed by atoms with van der Waals surface area (Å²) in [6.07, 6.45) is 5.91. The maximum absolute atomic E-state index is 12.3. The highest BCUT2D eigenvalue weighted by Crippen LogP contribution is 2.19. The lowest BCUT2D eigenvalue weighted by Gasteiger charge is -2.25. The molecule has 1 saturated heterocycles. The minimum absolute atomic E-state index is 0.0165. The molecule has 1 aromatic rings. The van der Waals surface area contributed by atoms with Gasteiger partial charge in [-0.15, -0.1) is 0 Å². The first-order chi connectivity index (χ1) is 9.67. The Morgan fingerprint density at radius 1 is 1.50 bits per heavy atom. The van der Waals surface area contributed by atoms with Gasteiger partial charge in [0.2, 0.25) is 11.8 Å². The molecule has 2 amide bonds. The number of rotatable bonds is 3. The molecule has 6 heteroatoms. The van der Waals surface area contributed by atoms with Crippen LogP contribution in [0.25, 0.3) is 0 Å². The van der Waals surface area contributed by atoms with Gasteiger partial charge in [0.1, 0.15) is 5.82 Å². The molecular weight excluding hydrogens is 256 g/mol. The summed E-state index contributed by atoms with van der Waals surface area (Å²) in [6, 6.07) is 0.148. The van der Waals surface area contributed by atoms with E-state index in [-0.39, 0.29) is 23.8 Å². The van der Waals surface area contributed by atoms with Crippen LogP contribution in [0, 0.1) is 5.92 Å². The van der Waals surface area contributed by atoms with Crippen molar-refractivity contribution in [1.82, 2.24) is 19.8 Å². The van der Waals surface area contributed by atoms with E-state index in [9.17, 15) is 9.59 Å². The van der Waals surface area contributed by atoms with Crippen molar-refractivity contribution in [1.29, 1.82) is 0 Å². The molecule has 1 aromatic heterocycles. The van der Waals surface area contributed by atoms with E-state index in [1.54, 1.807) is 11.1 Å². The third-order valence-electron chi connectivity index (χ3n) is 4.25. The van der Waals surface area contributed by atoms with Crippen LogP contribution in [0.3, 0.4) is 0 Å². The first kappa shape index (κ1) is 13.1. The Morgan fingerprint density at radius 3 is 3.10 bits per heavy atom. The second-order valence-corrected chi connectivity index (χ2v) is 5.57. The average Bonchev–Trinajstić information content (AvgIpc) is 3.04. The zero-order chi connectivity index (χ0) is 14.1. The van der Waals surface area contributed by atoms with Crippen LogP contribution < -0.4 is 5.32 Å². The molecule has 0 aromatic carbocycles. The van der Waals surface area contributed by atoms with Crippen LogP contribution >= 0.6 is 0 Å². The van der Waals surface area contributed by atoms with Crippen LogP contribution in [0.5, 0.6) is 0 Å². The number of fused-ring (bicyclic) bond motifs is 1. The summed E-state index contributed by atoms with van der Waals surface area (Å²) in [5, 5.41) is 3.09. The van der Waals surface area contributed by atoms with Crippen molar-refractivity contribution < 1.29 is 9.59 Å². The van der Waals surface area contributed by atoms with Gasteiger partial charge in [-0.05, 0) is 13.3 Å². The molecule has 3 rings (SSSR count). The van der Waals surface area contributed by atoms with Crippen LogP contribution in [0.1, 0.15) is 25.6 Å². The van der Waals surface area contributed by atoms with Gasteiger partial charge >= 0.3 is 0 Å². The Balaban J connectivity index is 1.57. The molecule has 2 aliphatic rings. The van der Waals surface area contributed by atoms with Gasteiger partial charge in [0.25, 0.3) is 0 Å². The standard InChI is InChI=1S/C14H20N4O2/c1-2-17-8-10(7-13(17)19)14(20)16-11-3-4-12-15-5-6-18(12)9-11/h5-6,10-11H,2-4,7-9H2,1H3,(H,16,20). The molecular formula is C14H20N4O2. The molecule has 0 bridgehead atoms. The SMILES string of the molecule is CCN1CC(C(=O)NC2CCc3nccn3C2)CC1=O. The number of likely N-dealkylation sites (tertiary alicyclic amines) is 1. The van der Waals surface area contributed by atoms with E-state index in [0.717, 1.165) is 25.2 Å². The molecule has 1 fully saturated rings. The van der Waals surface area contributed by atoms with Gasteiger partial charge in [-0.1, -0.05) is 0 Å². The van der Waals surface area contributed by atoms with Gasteiger partial charge in [0.15, 0.2) is 0 Å². The van der Waals surface area contributed by atoms with Gasteiger partial charge in [-0.25, -0.2) is 4.98 Å². The van der Waals surface area contributed by atoms with Crippen molar-refractivity contribution >= 4 is 11.8 Å².